The minimum Gasteiger partial charge on any atom is -0.461 e. The summed E-state index contributed by atoms with van der Waals surface area (Å²) in [6.07, 6.45) is 3.69. The molecule has 5 aromatic rings. The van der Waals surface area contributed by atoms with Crippen LogP contribution in [0.1, 0.15) is 23.1 Å². The molecule has 3 heterocycles. The maximum Gasteiger partial charge on any atom is 0.360 e. The summed E-state index contributed by atoms with van der Waals surface area (Å²) in [6, 6.07) is 23.4. The number of anilines is 3. The zero-order chi connectivity index (χ0) is 24.2. The van der Waals surface area contributed by atoms with Gasteiger partial charge in [0.1, 0.15) is 0 Å². The molecule has 35 heavy (non-hydrogen) atoms. The number of benzene rings is 2. The van der Waals surface area contributed by atoms with Crippen molar-refractivity contribution in [1.29, 1.82) is 0 Å². The Labute approximate surface area is 201 Å². The molecule has 0 radical (unpaired) electrons. The predicted molar refractivity (Wildman–Crippen MR) is 129 cm³/mol. The van der Waals surface area contributed by atoms with E-state index in [1.54, 1.807) is 18.4 Å². The first kappa shape index (κ1) is 22.0. The van der Waals surface area contributed by atoms with E-state index in [4.69, 9.17) is 14.7 Å². The van der Waals surface area contributed by atoms with Gasteiger partial charge >= 0.3 is 5.97 Å². The molecule has 0 saturated heterocycles. The molecule has 0 fully saturated rings. The molecule has 3 aromatic heterocycles. The summed E-state index contributed by atoms with van der Waals surface area (Å²) < 4.78 is 8.29. The van der Waals surface area contributed by atoms with Crippen molar-refractivity contribution in [2.75, 3.05) is 11.5 Å². The monoisotopic (exact) mass is 466 g/mol. The molecule has 0 amide bonds. The molecule has 5 rings (SSSR count). The largest absolute Gasteiger partial charge is 0.461 e. The SMILES string of the molecule is CCOC(=O)c1nnn(-c2nc(N(c3ccccc3)c3ccccc3)nc(-n3cccc3)n2)c1C. The second kappa shape index (κ2) is 9.56. The number of nitrogens with zero attached hydrogens (tertiary/aromatic N) is 8. The summed E-state index contributed by atoms with van der Waals surface area (Å²) in [5, 5.41) is 8.15. The van der Waals surface area contributed by atoms with Gasteiger partial charge in [0.15, 0.2) is 5.69 Å². The quantitative estimate of drug-likeness (QED) is 0.329. The van der Waals surface area contributed by atoms with Crippen LogP contribution in [0.4, 0.5) is 17.3 Å². The van der Waals surface area contributed by atoms with Crippen molar-refractivity contribution in [2.24, 2.45) is 0 Å². The molecule has 0 saturated carbocycles. The Morgan fingerprint density at radius 3 is 2.06 bits per heavy atom. The second-order valence-corrected chi connectivity index (χ2v) is 7.49. The smallest absolute Gasteiger partial charge is 0.360 e. The molecule has 0 atom stereocenters. The normalized spacial score (nSPS) is 10.8. The van der Waals surface area contributed by atoms with Crippen molar-refractivity contribution in [2.45, 2.75) is 13.8 Å². The lowest BCUT2D eigenvalue weighted by Gasteiger charge is -2.23. The Balaban J connectivity index is 1.70. The third kappa shape index (κ3) is 4.36. The minimum absolute atomic E-state index is 0.110. The summed E-state index contributed by atoms with van der Waals surface area (Å²) in [7, 11) is 0. The number of hydrogen-bond donors (Lipinski definition) is 0. The minimum atomic E-state index is -0.550. The molecule has 0 aliphatic heterocycles. The summed E-state index contributed by atoms with van der Waals surface area (Å²) >= 11 is 0. The molecular formula is C25H22N8O2. The van der Waals surface area contributed by atoms with Crippen molar-refractivity contribution in [3.63, 3.8) is 0 Å². The first-order chi connectivity index (χ1) is 17.2. The number of aromatic nitrogens is 7. The van der Waals surface area contributed by atoms with Gasteiger partial charge in [0.05, 0.1) is 12.3 Å². The van der Waals surface area contributed by atoms with Gasteiger partial charge in [-0.3, -0.25) is 9.47 Å². The molecule has 10 nitrogen and oxygen atoms in total. The van der Waals surface area contributed by atoms with Crippen LogP contribution in [0.25, 0.3) is 11.9 Å². The van der Waals surface area contributed by atoms with E-state index in [9.17, 15) is 4.79 Å². The van der Waals surface area contributed by atoms with E-state index in [1.165, 1.54) is 4.68 Å². The number of carbonyl (C=O) groups is 1. The van der Waals surface area contributed by atoms with E-state index in [0.29, 0.717) is 17.6 Å². The van der Waals surface area contributed by atoms with Crippen LogP contribution in [0.15, 0.2) is 85.2 Å². The van der Waals surface area contributed by atoms with Gasteiger partial charge in [-0.25, -0.2) is 4.79 Å². The van der Waals surface area contributed by atoms with E-state index in [0.717, 1.165) is 11.4 Å². The van der Waals surface area contributed by atoms with Crippen LogP contribution in [0.3, 0.4) is 0 Å². The number of hydrogen-bond acceptors (Lipinski definition) is 8. The molecule has 10 heteroatoms. The van der Waals surface area contributed by atoms with Gasteiger partial charge in [0.25, 0.3) is 5.95 Å². The summed E-state index contributed by atoms with van der Waals surface area (Å²) in [5.41, 5.74) is 2.32. The predicted octanol–water partition coefficient (Wildman–Crippen LogP) is 4.20. The van der Waals surface area contributed by atoms with Crippen LogP contribution < -0.4 is 4.90 Å². The fourth-order valence-corrected chi connectivity index (χ4v) is 3.56. The Morgan fingerprint density at radius 1 is 0.857 bits per heavy atom. The van der Waals surface area contributed by atoms with E-state index in [-0.39, 0.29) is 18.2 Å². The summed E-state index contributed by atoms with van der Waals surface area (Å²) in [5.74, 6) is 0.436. The Bertz CT molecular complexity index is 1390. The molecule has 0 spiro atoms. The van der Waals surface area contributed by atoms with Gasteiger partial charge in [-0.1, -0.05) is 41.6 Å². The average molecular weight is 467 g/mol. The highest BCUT2D eigenvalue weighted by molar-refractivity contribution is 5.88. The third-order valence-corrected chi connectivity index (χ3v) is 5.22. The van der Waals surface area contributed by atoms with Gasteiger partial charge in [-0.15, -0.1) is 5.10 Å². The number of para-hydroxylation sites is 2. The van der Waals surface area contributed by atoms with Crippen LogP contribution in [0, 0.1) is 6.92 Å². The zero-order valence-corrected chi connectivity index (χ0v) is 19.2. The third-order valence-electron chi connectivity index (χ3n) is 5.22. The number of esters is 1. The fourth-order valence-electron chi connectivity index (χ4n) is 3.56. The second-order valence-electron chi connectivity index (χ2n) is 7.49. The first-order valence-electron chi connectivity index (χ1n) is 11.0. The summed E-state index contributed by atoms with van der Waals surface area (Å²) in [6.45, 7) is 3.69. The zero-order valence-electron chi connectivity index (χ0n) is 19.2. The van der Waals surface area contributed by atoms with Crippen molar-refractivity contribution >= 4 is 23.3 Å². The highest BCUT2D eigenvalue weighted by atomic mass is 16.5. The molecule has 174 valence electrons. The van der Waals surface area contributed by atoms with E-state index in [2.05, 4.69) is 15.3 Å². The van der Waals surface area contributed by atoms with Gasteiger partial charge < -0.3 is 4.74 Å². The van der Waals surface area contributed by atoms with Gasteiger partial charge in [-0.05, 0) is 50.2 Å². The van der Waals surface area contributed by atoms with Crippen molar-refractivity contribution in [3.8, 4) is 11.9 Å². The Kier molecular flexibility index (Phi) is 6.00. The first-order valence-corrected chi connectivity index (χ1v) is 11.0. The molecule has 0 aliphatic rings. The van der Waals surface area contributed by atoms with Gasteiger partial charge in [0, 0.05) is 23.8 Å². The van der Waals surface area contributed by atoms with Crippen LogP contribution in [-0.4, -0.2) is 47.1 Å². The topological polar surface area (TPSA) is 104 Å². The van der Waals surface area contributed by atoms with Crippen LogP contribution in [0.2, 0.25) is 0 Å². The Morgan fingerprint density at radius 2 is 1.46 bits per heavy atom. The average Bonchev–Trinajstić information content (AvgIpc) is 3.56. The number of carbonyl (C=O) groups excluding carboxylic acids is 1. The fraction of sp³-hybridized carbons (Fsp3) is 0.120. The van der Waals surface area contributed by atoms with Crippen LogP contribution in [0.5, 0.6) is 0 Å². The van der Waals surface area contributed by atoms with E-state index >= 15 is 0 Å². The summed E-state index contributed by atoms with van der Waals surface area (Å²) in [4.78, 5) is 28.4. The lowest BCUT2D eigenvalue weighted by atomic mass is 10.2. The molecule has 0 bridgehead atoms. The van der Waals surface area contributed by atoms with Crippen molar-refractivity contribution in [1.82, 2.24) is 34.5 Å². The number of ether oxygens (including phenoxy) is 1. The highest BCUT2D eigenvalue weighted by Gasteiger charge is 2.23. The Hall–Kier alpha value is -4.86. The van der Waals surface area contributed by atoms with E-state index in [1.807, 2.05) is 90.1 Å². The van der Waals surface area contributed by atoms with Crippen LogP contribution >= 0.6 is 0 Å². The lowest BCUT2D eigenvalue weighted by molar-refractivity contribution is 0.0518. The maximum absolute atomic E-state index is 12.3. The molecule has 0 N–H and O–H groups in total. The molecular weight excluding hydrogens is 444 g/mol. The van der Waals surface area contributed by atoms with Crippen LogP contribution in [-0.2, 0) is 4.74 Å². The molecule has 0 unspecified atom stereocenters. The standard InChI is InChI=1S/C25H22N8O2/c1-3-35-22(34)21-18(2)33(30-29-21)25-27-23(31-16-10-11-17-31)26-24(28-25)32(19-12-6-4-7-13-19)20-14-8-5-9-15-20/h4-17H,3H2,1-2H3. The van der Waals surface area contributed by atoms with Gasteiger partial charge in [0.2, 0.25) is 11.9 Å². The molecule has 2 aromatic carbocycles. The number of rotatable bonds is 7. The molecule has 0 aliphatic carbocycles. The van der Waals surface area contributed by atoms with Crippen molar-refractivity contribution in [3.05, 3.63) is 96.6 Å². The lowest BCUT2D eigenvalue weighted by Crippen LogP contribution is -2.18. The van der Waals surface area contributed by atoms with Gasteiger partial charge in [-0.2, -0.15) is 19.6 Å². The highest BCUT2D eigenvalue weighted by Crippen LogP contribution is 2.32. The van der Waals surface area contributed by atoms with Crippen molar-refractivity contribution < 1.29 is 9.53 Å². The maximum atomic E-state index is 12.3. The van der Waals surface area contributed by atoms with E-state index < -0.39 is 5.97 Å².